The maximum Gasteiger partial charge on any atom is 0.0504 e. The highest BCUT2D eigenvalue weighted by atomic mass is 14.9. The second kappa shape index (κ2) is 5.28. The largest absolute Gasteiger partial charge is 0.381 e. The fraction of sp³-hybridized carbons (Fsp3) is 0.263. The Morgan fingerprint density at radius 1 is 0.952 bits per heavy atom. The van der Waals surface area contributed by atoms with Crippen LogP contribution >= 0.6 is 0 Å². The van der Waals surface area contributed by atoms with E-state index in [4.69, 9.17) is 0 Å². The Balaban J connectivity index is 1.61. The normalized spacial score (nSPS) is 14.1. The van der Waals surface area contributed by atoms with Crippen molar-refractivity contribution in [2.24, 2.45) is 0 Å². The molecule has 2 N–H and O–H groups in total. The average molecular weight is 276 g/mol. The van der Waals surface area contributed by atoms with Gasteiger partial charge in [-0.15, -0.1) is 0 Å². The van der Waals surface area contributed by atoms with Gasteiger partial charge in [0.15, 0.2) is 0 Å². The number of aromatic nitrogens is 1. The molecule has 2 nitrogen and oxygen atoms in total. The Labute approximate surface area is 125 Å². The van der Waals surface area contributed by atoms with Gasteiger partial charge in [-0.05, 0) is 59.9 Å². The summed E-state index contributed by atoms with van der Waals surface area (Å²) in [6.07, 6.45) is 7.11. The lowest BCUT2D eigenvalue weighted by Crippen LogP contribution is -2.08. The fourth-order valence-electron chi connectivity index (χ4n) is 3.43. The highest BCUT2D eigenvalue weighted by Gasteiger charge is 2.12. The zero-order valence-corrected chi connectivity index (χ0v) is 12.2. The molecule has 1 aromatic heterocycles. The number of benzene rings is 2. The zero-order chi connectivity index (χ0) is 14.1. The van der Waals surface area contributed by atoms with Crippen LogP contribution in [0.1, 0.15) is 29.5 Å². The molecule has 0 spiro atoms. The van der Waals surface area contributed by atoms with Gasteiger partial charge in [0, 0.05) is 18.4 Å². The quantitative estimate of drug-likeness (QED) is 0.715. The van der Waals surface area contributed by atoms with Crippen LogP contribution in [-0.2, 0) is 19.4 Å². The van der Waals surface area contributed by atoms with Crippen molar-refractivity contribution in [3.05, 3.63) is 65.4 Å². The van der Waals surface area contributed by atoms with Gasteiger partial charge in [0.05, 0.1) is 5.52 Å². The third kappa shape index (κ3) is 2.31. The van der Waals surface area contributed by atoms with Crippen LogP contribution in [0.5, 0.6) is 0 Å². The molecule has 4 rings (SSSR count). The van der Waals surface area contributed by atoms with E-state index in [2.05, 4.69) is 52.8 Å². The Morgan fingerprint density at radius 3 is 2.86 bits per heavy atom. The van der Waals surface area contributed by atoms with E-state index in [1.807, 2.05) is 6.20 Å². The molecule has 0 bridgehead atoms. The Bertz CT molecular complexity index is 770. The number of rotatable bonds is 3. The van der Waals surface area contributed by atoms with Crippen molar-refractivity contribution in [2.45, 2.75) is 32.2 Å². The number of fused-ring (bicyclic) bond motifs is 2. The predicted octanol–water partition coefficient (Wildman–Crippen LogP) is 4.66. The number of hydrogen-bond donors (Lipinski definition) is 2. The summed E-state index contributed by atoms with van der Waals surface area (Å²) in [5.74, 6) is 0. The van der Waals surface area contributed by atoms with Crippen molar-refractivity contribution < 1.29 is 0 Å². The molecule has 0 fully saturated rings. The monoisotopic (exact) mass is 276 g/mol. The molecule has 0 unspecified atom stereocenters. The lowest BCUT2D eigenvalue weighted by atomic mass is 9.90. The number of H-pyrrole nitrogens is 1. The number of hydrogen-bond acceptors (Lipinski definition) is 1. The average Bonchev–Trinajstić information content (AvgIpc) is 3.02. The summed E-state index contributed by atoms with van der Waals surface area (Å²) in [5, 5.41) is 4.93. The summed E-state index contributed by atoms with van der Waals surface area (Å²) in [6, 6.07) is 15.3. The first kappa shape index (κ1) is 12.5. The van der Waals surface area contributed by atoms with E-state index in [0.717, 1.165) is 6.54 Å². The lowest BCUT2D eigenvalue weighted by Gasteiger charge is -2.20. The number of nitrogens with one attached hydrogen (secondary N) is 2. The molecule has 21 heavy (non-hydrogen) atoms. The van der Waals surface area contributed by atoms with Crippen LogP contribution in [-0.4, -0.2) is 4.98 Å². The van der Waals surface area contributed by atoms with Crippen molar-refractivity contribution in [1.29, 1.82) is 0 Å². The molecular formula is C19H20N2. The molecule has 1 aliphatic carbocycles. The Hall–Kier alpha value is -2.22. The number of aromatic amines is 1. The molecule has 0 atom stereocenters. The zero-order valence-electron chi connectivity index (χ0n) is 12.2. The van der Waals surface area contributed by atoms with Crippen molar-refractivity contribution in [3.8, 4) is 0 Å². The van der Waals surface area contributed by atoms with E-state index >= 15 is 0 Å². The third-order valence-corrected chi connectivity index (χ3v) is 4.54. The minimum Gasteiger partial charge on any atom is -0.381 e. The molecule has 0 radical (unpaired) electrons. The van der Waals surface area contributed by atoms with Crippen molar-refractivity contribution in [2.75, 3.05) is 5.32 Å². The van der Waals surface area contributed by atoms with Gasteiger partial charge in [0.2, 0.25) is 0 Å². The summed E-state index contributed by atoms with van der Waals surface area (Å²) in [7, 11) is 0. The number of para-hydroxylation sites is 1. The van der Waals surface area contributed by atoms with Crippen LogP contribution in [0.3, 0.4) is 0 Å². The van der Waals surface area contributed by atoms with Crippen LogP contribution in [0.4, 0.5) is 5.69 Å². The molecular weight excluding hydrogens is 256 g/mol. The SMILES string of the molecule is c1cc2c(c(NCc3cccc4cc[nH]c34)c1)CCCC2. The van der Waals surface area contributed by atoms with E-state index in [0.29, 0.717) is 0 Å². The smallest absolute Gasteiger partial charge is 0.0504 e. The second-order valence-electron chi connectivity index (χ2n) is 5.86. The minimum atomic E-state index is 0.869. The van der Waals surface area contributed by atoms with Gasteiger partial charge in [-0.1, -0.05) is 30.3 Å². The van der Waals surface area contributed by atoms with Crippen molar-refractivity contribution in [1.82, 2.24) is 4.98 Å². The minimum absolute atomic E-state index is 0.869. The Kier molecular flexibility index (Phi) is 3.15. The molecule has 0 saturated heterocycles. The standard InChI is InChI=1S/C19H20N2/c1-2-9-17-14(5-1)6-4-10-18(17)21-13-16-8-3-7-15-11-12-20-19(15)16/h3-4,6-8,10-12,20-21H,1-2,5,9,13H2. The van der Waals surface area contributed by atoms with Gasteiger partial charge in [-0.2, -0.15) is 0 Å². The van der Waals surface area contributed by atoms with Crippen molar-refractivity contribution in [3.63, 3.8) is 0 Å². The first-order valence-electron chi connectivity index (χ1n) is 7.81. The van der Waals surface area contributed by atoms with Crippen LogP contribution in [0.15, 0.2) is 48.7 Å². The summed E-state index contributed by atoms with van der Waals surface area (Å²) in [4.78, 5) is 3.35. The molecule has 1 aliphatic rings. The van der Waals surface area contributed by atoms with Gasteiger partial charge < -0.3 is 10.3 Å². The maximum absolute atomic E-state index is 3.65. The van der Waals surface area contributed by atoms with Crippen LogP contribution in [0.25, 0.3) is 10.9 Å². The van der Waals surface area contributed by atoms with Crippen LogP contribution < -0.4 is 5.32 Å². The molecule has 106 valence electrons. The number of anilines is 1. The highest BCUT2D eigenvalue weighted by molar-refractivity contribution is 5.82. The van der Waals surface area contributed by atoms with E-state index in [9.17, 15) is 0 Å². The number of aryl methyl sites for hydroxylation is 1. The summed E-state index contributed by atoms with van der Waals surface area (Å²) < 4.78 is 0. The first-order chi connectivity index (χ1) is 10.4. The summed E-state index contributed by atoms with van der Waals surface area (Å²) >= 11 is 0. The lowest BCUT2D eigenvalue weighted by molar-refractivity contribution is 0.686. The first-order valence-corrected chi connectivity index (χ1v) is 7.81. The van der Waals surface area contributed by atoms with Gasteiger partial charge in [-0.25, -0.2) is 0 Å². The molecule has 2 aromatic carbocycles. The van der Waals surface area contributed by atoms with E-state index in [1.54, 1.807) is 0 Å². The highest BCUT2D eigenvalue weighted by Crippen LogP contribution is 2.28. The summed E-state index contributed by atoms with van der Waals surface area (Å²) in [6.45, 7) is 0.869. The van der Waals surface area contributed by atoms with Crippen molar-refractivity contribution >= 4 is 16.6 Å². The molecule has 0 amide bonds. The van der Waals surface area contributed by atoms with Gasteiger partial charge in [0.25, 0.3) is 0 Å². The molecule has 2 heteroatoms. The Morgan fingerprint density at radius 2 is 1.86 bits per heavy atom. The molecule has 0 aliphatic heterocycles. The summed E-state index contributed by atoms with van der Waals surface area (Å²) in [5.41, 5.74) is 6.95. The van der Waals surface area contributed by atoms with E-state index in [-0.39, 0.29) is 0 Å². The van der Waals surface area contributed by atoms with E-state index < -0.39 is 0 Å². The molecule has 1 heterocycles. The van der Waals surface area contributed by atoms with E-state index in [1.165, 1.54) is 59.0 Å². The molecule has 3 aromatic rings. The van der Waals surface area contributed by atoms with Crippen LogP contribution in [0, 0.1) is 0 Å². The molecule has 0 saturated carbocycles. The van der Waals surface area contributed by atoms with Gasteiger partial charge >= 0.3 is 0 Å². The maximum atomic E-state index is 3.65. The fourth-order valence-corrected chi connectivity index (χ4v) is 3.43. The van der Waals surface area contributed by atoms with Gasteiger partial charge in [-0.3, -0.25) is 0 Å². The van der Waals surface area contributed by atoms with Crippen LogP contribution in [0.2, 0.25) is 0 Å². The second-order valence-corrected chi connectivity index (χ2v) is 5.86. The third-order valence-electron chi connectivity index (χ3n) is 4.54. The topological polar surface area (TPSA) is 27.8 Å². The van der Waals surface area contributed by atoms with Gasteiger partial charge in [0.1, 0.15) is 0 Å². The predicted molar refractivity (Wildman–Crippen MR) is 88.7 cm³/mol.